The first-order valence-electron chi connectivity index (χ1n) is 5.97. The second-order valence-electron chi connectivity index (χ2n) is 4.50. The van der Waals surface area contributed by atoms with Crippen LogP contribution in [-0.4, -0.2) is 42.7 Å². The summed E-state index contributed by atoms with van der Waals surface area (Å²) in [6.07, 6.45) is -0.212. The van der Waals surface area contributed by atoms with Crippen molar-refractivity contribution in [3.8, 4) is 0 Å². The first-order valence-corrected chi connectivity index (χ1v) is 5.97. The lowest BCUT2D eigenvalue weighted by Gasteiger charge is -2.27. The van der Waals surface area contributed by atoms with E-state index in [1.807, 2.05) is 6.92 Å². The smallest absolute Gasteiger partial charge is 0.339 e. The molecule has 0 aromatic carbocycles. The van der Waals surface area contributed by atoms with Crippen molar-refractivity contribution < 1.29 is 18.0 Å². The van der Waals surface area contributed by atoms with Gasteiger partial charge in [-0.15, -0.1) is 0 Å². The molecular weight excluding hydrogens is 233 g/mol. The summed E-state index contributed by atoms with van der Waals surface area (Å²) in [5.41, 5.74) is 0. The fourth-order valence-corrected chi connectivity index (χ4v) is 2.06. The molecular formula is C11H19F3N2O. The molecule has 1 N–H and O–H groups in total. The third-order valence-electron chi connectivity index (χ3n) is 2.97. The minimum Gasteiger partial charge on any atom is -0.339 e. The van der Waals surface area contributed by atoms with Crippen molar-refractivity contribution >= 4 is 5.91 Å². The van der Waals surface area contributed by atoms with Crippen molar-refractivity contribution in [3.05, 3.63) is 0 Å². The van der Waals surface area contributed by atoms with Gasteiger partial charge in [-0.1, -0.05) is 12.8 Å². The van der Waals surface area contributed by atoms with Crippen molar-refractivity contribution in [1.82, 2.24) is 10.2 Å². The summed E-state index contributed by atoms with van der Waals surface area (Å²) in [6, 6.07) is 0.137. The SMILES string of the molecule is CC1CCCCCN1C(=O)CNCC(F)(F)F. The molecule has 0 aliphatic carbocycles. The van der Waals surface area contributed by atoms with Crippen LogP contribution < -0.4 is 5.32 Å². The molecule has 0 bridgehead atoms. The van der Waals surface area contributed by atoms with Gasteiger partial charge >= 0.3 is 6.18 Å². The van der Waals surface area contributed by atoms with Gasteiger partial charge in [-0.2, -0.15) is 13.2 Å². The molecule has 1 rings (SSSR count). The predicted molar refractivity (Wildman–Crippen MR) is 58.6 cm³/mol. The number of carbonyl (C=O) groups excluding carboxylic acids is 1. The minimum atomic E-state index is -4.26. The van der Waals surface area contributed by atoms with E-state index in [4.69, 9.17) is 0 Å². The Kier molecular flexibility index (Phi) is 5.24. The van der Waals surface area contributed by atoms with Crippen LogP contribution in [-0.2, 0) is 4.79 Å². The molecule has 1 aliphatic rings. The molecule has 1 unspecified atom stereocenters. The maximum atomic E-state index is 11.9. The lowest BCUT2D eigenvalue weighted by atomic mass is 10.1. The summed E-state index contributed by atoms with van der Waals surface area (Å²) in [7, 11) is 0. The zero-order valence-corrected chi connectivity index (χ0v) is 10.0. The number of amides is 1. The van der Waals surface area contributed by atoms with Crippen LogP contribution in [0.3, 0.4) is 0 Å². The minimum absolute atomic E-state index is 0.137. The number of nitrogens with one attached hydrogen (secondary N) is 1. The van der Waals surface area contributed by atoms with Gasteiger partial charge in [-0.05, 0) is 19.8 Å². The molecule has 1 amide bonds. The van der Waals surface area contributed by atoms with Gasteiger partial charge in [0.1, 0.15) is 0 Å². The Morgan fingerprint density at radius 1 is 1.35 bits per heavy atom. The molecule has 1 fully saturated rings. The van der Waals surface area contributed by atoms with E-state index in [1.54, 1.807) is 4.90 Å². The first-order chi connectivity index (χ1) is 7.90. The van der Waals surface area contributed by atoms with Crippen LogP contribution in [0.2, 0.25) is 0 Å². The second kappa shape index (κ2) is 6.23. The Morgan fingerprint density at radius 3 is 2.71 bits per heavy atom. The highest BCUT2D eigenvalue weighted by atomic mass is 19.4. The fraction of sp³-hybridized carbons (Fsp3) is 0.909. The lowest BCUT2D eigenvalue weighted by Crippen LogP contribution is -2.44. The number of rotatable bonds is 3. The van der Waals surface area contributed by atoms with Gasteiger partial charge in [0, 0.05) is 12.6 Å². The summed E-state index contributed by atoms with van der Waals surface area (Å²) < 4.78 is 35.7. The van der Waals surface area contributed by atoms with Crippen molar-refractivity contribution in [3.63, 3.8) is 0 Å². The van der Waals surface area contributed by atoms with E-state index >= 15 is 0 Å². The van der Waals surface area contributed by atoms with E-state index in [2.05, 4.69) is 5.32 Å². The molecule has 0 aromatic rings. The average molecular weight is 252 g/mol. The third kappa shape index (κ3) is 5.39. The largest absolute Gasteiger partial charge is 0.401 e. The standard InChI is InChI=1S/C11H19F3N2O/c1-9-5-3-2-4-6-16(9)10(17)7-15-8-11(12,13)14/h9,15H,2-8H2,1H3. The molecule has 0 aromatic heterocycles. The zero-order chi connectivity index (χ0) is 12.9. The molecule has 1 heterocycles. The lowest BCUT2D eigenvalue weighted by molar-refractivity contribution is -0.135. The third-order valence-corrected chi connectivity index (χ3v) is 2.97. The molecule has 100 valence electrons. The summed E-state index contributed by atoms with van der Waals surface area (Å²) in [5.74, 6) is -0.233. The molecule has 0 spiro atoms. The maximum absolute atomic E-state index is 11.9. The Hall–Kier alpha value is -0.780. The summed E-state index contributed by atoms with van der Waals surface area (Å²) in [6.45, 7) is 1.27. The van der Waals surface area contributed by atoms with Crippen LogP contribution in [0.5, 0.6) is 0 Å². The highest BCUT2D eigenvalue weighted by Gasteiger charge is 2.28. The molecule has 1 aliphatic heterocycles. The molecule has 1 saturated heterocycles. The number of alkyl halides is 3. The fourth-order valence-electron chi connectivity index (χ4n) is 2.06. The van der Waals surface area contributed by atoms with Crippen molar-refractivity contribution in [2.75, 3.05) is 19.6 Å². The normalized spacial score (nSPS) is 22.4. The van der Waals surface area contributed by atoms with Gasteiger partial charge in [0.15, 0.2) is 0 Å². The number of halogens is 3. The van der Waals surface area contributed by atoms with Crippen molar-refractivity contribution in [2.24, 2.45) is 0 Å². The molecule has 3 nitrogen and oxygen atoms in total. The van der Waals surface area contributed by atoms with Crippen LogP contribution >= 0.6 is 0 Å². The number of likely N-dealkylation sites (tertiary alicyclic amines) is 1. The molecule has 1 atom stereocenters. The highest BCUT2D eigenvalue weighted by Crippen LogP contribution is 2.16. The first kappa shape index (κ1) is 14.3. The van der Waals surface area contributed by atoms with E-state index in [0.717, 1.165) is 25.7 Å². The topological polar surface area (TPSA) is 32.3 Å². The second-order valence-corrected chi connectivity index (χ2v) is 4.50. The van der Waals surface area contributed by atoms with Crippen molar-refractivity contribution in [1.29, 1.82) is 0 Å². The Bertz CT molecular complexity index is 256. The number of nitrogens with zero attached hydrogens (tertiary/aromatic N) is 1. The summed E-state index contributed by atoms with van der Waals surface area (Å²) in [5, 5.41) is 2.15. The maximum Gasteiger partial charge on any atom is 0.401 e. The highest BCUT2D eigenvalue weighted by molar-refractivity contribution is 5.78. The van der Waals surface area contributed by atoms with Gasteiger partial charge in [-0.3, -0.25) is 4.79 Å². The molecule has 6 heteroatoms. The molecule has 0 radical (unpaired) electrons. The van der Waals surface area contributed by atoms with Gasteiger partial charge < -0.3 is 10.2 Å². The van der Waals surface area contributed by atoms with Gasteiger partial charge in [-0.25, -0.2) is 0 Å². The van der Waals surface area contributed by atoms with Crippen LogP contribution in [0.15, 0.2) is 0 Å². The van der Waals surface area contributed by atoms with Gasteiger partial charge in [0.05, 0.1) is 13.1 Å². The molecule has 0 saturated carbocycles. The average Bonchev–Trinajstić information content (AvgIpc) is 2.40. The van der Waals surface area contributed by atoms with E-state index < -0.39 is 12.7 Å². The predicted octanol–water partition coefficient (Wildman–Crippen LogP) is 1.93. The van der Waals surface area contributed by atoms with E-state index in [-0.39, 0.29) is 18.5 Å². The van der Waals surface area contributed by atoms with E-state index in [9.17, 15) is 18.0 Å². The van der Waals surface area contributed by atoms with Crippen LogP contribution in [0, 0.1) is 0 Å². The van der Waals surface area contributed by atoms with Crippen LogP contribution in [0.1, 0.15) is 32.6 Å². The monoisotopic (exact) mass is 252 g/mol. The van der Waals surface area contributed by atoms with Crippen molar-refractivity contribution in [2.45, 2.75) is 44.8 Å². The number of carbonyl (C=O) groups is 1. The van der Waals surface area contributed by atoms with E-state index in [1.165, 1.54) is 0 Å². The zero-order valence-electron chi connectivity index (χ0n) is 10.0. The Morgan fingerprint density at radius 2 is 2.06 bits per heavy atom. The number of hydrogen-bond donors (Lipinski definition) is 1. The van der Waals surface area contributed by atoms with E-state index in [0.29, 0.717) is 6.54 Å². The number of hydrogen-bond acceptors (Lipinski definition) is 2. The van der Waals surface area contributed by atoms with Gasteiger partial charge in [0.25, 0.3) is 0 Å². The Labute approximate surface area is 99.4 Å². The van der Waals surface area contributed by atoms with Crippen LogP contribution in [0.4, 0.5) is 13.2 Å². The summed E-state index contributed by atoms with van der Waals surface area (Å²) in [4.78, 5) is 13.4. The summed E-state index contributed by atoms with van der Waals surface area (Å²) >= 11 is 0. The van der Waals surface area contributed by atoms with Gasteiger partial charge in [0.2, 0.25) is 5.91 Å². The quantitative estimate of drug-likeness (QED) is 0.832. The molecule has 17 heavy (non-hydrogen) atoms. The van der Waals surface area contributed by atoms with Crippen LogP contribution in [0.25, 0.3) is 0 Å². The Balaban J connectivity index is 2.35.